The van der Waals surface area contributed by atoms with Crippen molar-refractivity contribution in [2.45, 2.75) is 18.3 Å². The van der Waals surface area contributed by atoms with E-state index in [9.17, 15) is 4.39 Å². The highest BCUT2D eigenvalue weighted by molar-refractivity contribution is 7.99. The lowest BCUT2D eigenvalue weighted by Gasteiger charge is -2.27. The number of hydrogen-bond acceptors (Lipinski definition) is 2. The van der Waals surface area contributed by atoms with Crippen LogP contribution in [-0.4, -0.2) is 24.6 Å². The maximum absolute atomic E-state index is 13.1. The topological polar surface area (TPSA) is 3.24 Å². The van der Waals surface area contributed by atoms with Crippen LogP contribution in [0.5, 0.6) is 0 Å². The number of hydrogen-bond donors (Lipinski definition) is 0. The molecule has 1 aliphatic rings. The standard InChI is InChI=1S/C12H15ClFNS/c1-15(11-4-5-16-8-11)12-3-2-10(14)6-9(12)7-13/h2-3,6,11H,4-5,7-8H2,1H3. The molecule has 0 aromatic heterocycles. The van der Waals surface area contributed by atoms with Gasteiger partial charge in [-0.2, -0.15) is 11.8 Å². The predicted molar refractivity (Wildman–Crippen MR) is 70.1 cm³/mol. The van der Waals surface area contributed by atoms with Crippen LogP contribution in [0.25, 0.3) is 0 Å². The zero-order valence-electron chi connectivity index (χ0n) is 9.25. The minimum absolute atomic E-state index is 0.214. The van der Waals surface area contributed by atoms with Crippen LogP contribution in [0.1, 0.15) is 12.0 Å². The van der Waals surface area contributed by atoms with E-state index in [1.54, 1.807) is 0 Å². The Morgan fingerprint density at radius 1 is 1.56 bits per heavy atom. The summed E-state index contributed by atoms with van der Waals surface area (Å²) in [5.74, 6) is 2.51. The first-order valence-corrected chi connectivity index (χ1v) is 7.06. The molecule has 1 unspecified atom stereocenters. The summed E-state index contributed by atoms with van der Waals surface area (Å²) >= 11 is 7.83. The monoisotopic (exact) mass is 259 g/mol. The molecule has 0 aliphatic carbocycles. The molecular formula is C12H15ClFNS. The number of rotatable bonds is 3. The Bertz CT molecular complexity index is 366. The van der Waals surface area contributed by atoms with Crippen molar-refractivity contribution in [1.82, 2.24) is 0 Å². The third kappa shape index (κ3) is 2.46. The van der Waals surface area contributed by atoms with Crippen molar-refractivity contribution in [3.63, 3.8) is 0 Å². The van der Waals surface area contributed by atoms with Crippen molar-refractivity contribution in [2.75, 3.05) is 23.5 Å². The number of nitrogens with zero attached hydrogens (tertiary/aromatic N) is 1. The fourth-order valence-corrected chi connectivity index (χ4v) is 3.51. The summed E-state index contributed by atoms with van der Waals surface area (Å²) in [5.41, 5.74) is 1.94. The second kappa shape index (κ2) is 5.28. The molecule has 1 atom stereocenters. The maximum Gasteiger partial charge on any atom is 0.123 e. The first kappa shape index (κ1) is 12.1. The highest BCUT2D eigenvalue weighted by atomic mass is 35.5. The summed E-state index contributed by atoms with van der Waals surface area (Å²) in [6, 6.07) is 5.42. The molecule has 0 spiro atoms. The lowest BCUT2D eigenvalue weighted by atomic mass is 10.1. The van der Waals surface area contributed by atoms with Crippen LogP contribution in [0.4, 0.5) is 10.1 Å². The highest BCUT2D eigenvalue weighted by Gasteiger charge is 2.21. The van der Waals surface area contributed by atoms with E-state index in [1.165, 1.54) is 24.3 Å². The fourth-order valence-electron chi connectivity index (χ4n) is 2.03. The highest BCUT2D eigenvalue weighted by Crippen LogP contribution is 2.29. The quantitative estimate of drug-likeness (QED) is 0.765. The number of alkyl halides is 1. The van der Waals surface area contributed by atoms with E-state index in [4.69, 9.17) is 11.6 Å². The Hall–Kier alpha value is -0.410. The Morgan fingerprint density at radius 2 is 2.38 bits per heavy atom. The molecule has 88 valence electrons. The van der Waals surface area contributed by atoms with Crippen molar-refractivity contribution >= 4 is 29.1 Å². The van der Waals surface area contributed by atoms with Crippen LogP contribution in [0, 0.1) is 5.82 Å². The van der Waals surface area contributed by atoms with Gasteiger partial charge in [0.2, 0.25) is 0 Å². The normalized spacial score (nSPS) is 20.1. The van der Waals surface area contributed by atoms with Crippen molar-refractivity contribution in [2.24, 2.45) is 0 Å². The summed E-state index contributed by atoms with van der Waals surface area (Å²) in [7, 11) is 2.07. The molecule has 1 aromatic rings. The molecule has 2 rings (SSSR count). The average Bonchev–Trinajstić information content (AvgIpc) is 2.81. The minimum atomic E-state index is -0.214. The van der Waals surface area contributed by atoms with Gasteiger partial charge in [-0.15, -0.1) is 11.6 Å². The Morgan fingerprint density at radius 3 is 3.00 bits per heavy atom. The molecule has 1 aromatic carbocycles. The number of thioether (sulfide) groups is 1. The Kier molecular flexibility index (Phi) is 3.98. The summed E-state index contributed by atoms with van der Waals surface area (Å²) in [6.45, 7) is 0. The molecule has 0 amide bonds. The third-order valence-corrected chi connectivity index (χ3v) is 4.45. The molecule has 1 aliphatic heterocycles. The average molecular weight is 260 g/mol. The maximum atomic E-state index is 13.1. The van der Waals surface area contributed by atoms with Crippen LogP contribution in [0.15, 0.2) is 18.2 Å². The minimum Gasteiger partial charge on any atom is -0.370 e. The van der Waals surface area contributed by atoms with Gasteiger partial charge in [0, 0.05) is 30.4 Å². The molecule has 0 N–H and O–H groups in total. The van der Waals surface area contributed by atoms with Crippen LogP contribution in [0.3, 0.4) is 0 Å². The smallest absolute Gasteiger partial charge is 0.123 e. The van der Waals surface area contributed by atoms with Crippen LogP contribution >= 0.6 is 23.4 Å². The second-order valence-electron chi connectivity index (χ2n) is 4.03. The lowest BCUT2D eigenvalue weighted by molar-refractivity contribution is 0.624. The van der Waals surface area contributed by atoms with Crippen molar-refractivity contribution in [3.05, 3.63) is 29.6 Å². The van der Waals surface area contributed by atoms with Gasteiger partial charge in [0.25, 0.3) is 0 Å². The van der Waals surface area contributed by atoms with Crippen LogP contribution < -0.4 is 4.90 Å². The Balaban J connectivity index is 2.24. The second-order valence-corrected chi connectivity index (χ2v) is 5.45. The summed E-state index contributed by atoms with van der Waals surface area (Å²) in [5, 5.41) is 0. The molecule has 1 fully saturated rings. The van der Waals surface area contributed by atoms with Gasteiger partial charge in [-0.3, -0.25) is 0 Å². The van der Waals surface area contributed by atoms with Gasteiger partial charge >= 0.3 is 0 Å². The van der Waals surface area contributed by atoms with Crippen molar-refractivity contribution in [1.29, 1.82) is 0 Å². The molecule has 16 heavy (non-hydrogen) atoms. The zero-order chi connectivity index (χ0) is 11.5. The van der Waals surface area contributed by atoms with Gasteiger partial charge in [-0.1, -0.05) is 0 Å². The number of anilines is 1. The van der Waals surface area contributed by atoms with Crippen molar-refractivity contribution < 1.29 is 4.39 Å². The molecule has 0 saturated carbocycles. The van der Waals surface area contributed by atoms with E-state index < -0.39 is 0 Å². The van der Waals surface area contributed by atoms with Crippen LogP contribution in [0.2, 0.25) is 0 Å². The van der Waals surface area contributed by atoms with E-state index in [1.807, 2.05) is 17.8 Å². The van der Waals surface area contributed by atoms with Crippen molar-refractivity contribution in [3.8, 4) is 0 Å². The summed E-state index contributed by atoms with van der Waals surface area (Å²) in [4.78, 5) is 2.23. The van der Waals surface area contributed by atoms with Crippen LogP contribution in [-0.2, 0) is 5.88 Å². The van der Waals surface area contributed by atoms with Gasteiger partial charge in [-0.05, 0) is 35.9 Å². The molecular weight excluding hydrogens is 245 g/mol. The zero-order valence-corrected chi connectivity index (χ0v) is 10.8. The molecule has 0 bridgehead atoms. The lowest BCUT2D eigenvalue weighted by Crippen LogP contribution is -2.31. The van der Waals surface area contributed by atoms with Gasteiger partial charge < -0.3 is 4.90 Å². The molecule has 0 radical (unpaired) electrons. The first-order valence-electron chi connectivity index (χ1n) is 5.37. The third-order valence-electron chi connectivity index (χ3n) is 3.02. The van der Waals surface area contributed by atoms with Gasteiger partial charge in [0.05, 0.1) is 0 Å². The van der Waals surface area contributed by atoms with Gasteiger partial charge in [0.1, 0.15) is 5.82 Å². The van der Waals surface area contributed by atoms with Gasteiger partial charge in [0.15, 0.2) is 0 Å². The summed E-state index contributed by atoms with van der Waals surface area (Å²) < 4.78 is 13.1. The molecule has 4 heteroatoms. The van der Waals surface area contributed by atoms with E-state index in [0.717, 1.165) is 17.0 Å². The predicted octanol–water partition coefficient (Wildman–Crippen LogP) is 3.51. The van der Waals surface area contributed by atoms with E-state index in [0.29, 0.717) is 11.9 Å². The summed E-state index contributed by atoms with van der Waals surface area (Å²) in [6.07, 6.45) is 1.19. The first-order chi connectivity index (χ1) is 7.72. The number of halogens is 2. The SMILES string of the molecule is CN(c1ccc(F)cc1CCl)C1CCSC1. The molecule has 1 nitrogen and oxygen atoms in total. The van der Waals surface area contributed by atoms with E-state index in [-0.39, 0.29) is 5.82 Å². The Labute approximate surface area is 105 Å². The molecule has 1 saturated heterocycles. The van der Waals surface area contributed by atoms with E-state index >= 15 is 0 Å². The molecule has 1 heterocycles. The largest absolute Gasteiger partial charge is 0.370 e. The fraction of sp³-hybridized carbons (Fsp3) is 0.500. The van der Waals surface area contributed by atoms with Gasteiger partial charge in [-0.25, -0.2) is 4.39 Å². The number of benzene rings is 1. The van der Waals surface area contributed by atoms with E-state index in [2.05, 4.69) is 11.9 Å².